The SMILES string of the molecule is Cc1ccc(OCC(=O)NC2(C)CC(C)(c3nnc(COc4ccc(OC(C)C)nc4)o3)C2)cc1F. The highest BCUT2D eigenvalue weighted by Crippen LogP contribution is 2.49. The lowest BCUT2D eigenvalue weighted by Crippen LogP contribution is -2.61. The molecular formula is C26H31FN4O5. The maximum atomic E-state index is 13.7. The molecule has 3 aromatic rings. The van der Waals surface area contributed by atoms with E-state index in [9.17, 15) is 9.18 Å². The van der Waals surface area contributed by atoms with Gasteiger partial charge in [0.25, 0.3) is 11.8 Å². The smallest absolute Gasteiger partial charge is 0.258 e. The van der Waals surface area contributed by atoms with E-state index in [1.807, 2.05) is 27.7 Å². The first-order valence-electron chi connectivity index (χ1n) is 11.8. The Morgan fingerprint density at radius 2 is 1.89 bits per heavy atom. The molecule has 1 amide bonds. The van der Waals surface area contributed by atoms with Gasteiger partial charge in [0.1, 0.15) is 17.3 Å². The summed E-state index contributed by atoms with van der Waals surface area (Å²) < 4.78 is 36.1. The quantitative estimate of drug-likeness (QED) is 0.441. The second-order valence-corrected chi connectivity index (χ2v) is 10.0. The highest BCUT2D eigenvalue weighted by molar-refractivity contribution is 5.78. The van der Waals surface area contributed by atoms with Crippen molar-refractivity contribution in [3.63, 3.8) is 0 Å². The fourth-order valence-corrected chi connectivity index (χ4v) is 4.56. The zero-order valence-electron chi connectivity index (χ0n) is 21.1. The van der Waals surface area contributed by atoms with Crippen molar-refractivity contribution in [2.24, 2.45) is 0 Å². The van der Waals surface area contributed by atoms with Crippen LogP contribution in [-0.2, 0) is 16.8 Å². The summed E-state index contributed by atoms with van der Waals surface area (Å²) >= 11 is 0. The average molecular weight is 499 g/mol. The van der Waals surface area contributed by atoms with Gasteiger partial charge in [0.05, 0.1) is 17.7 Å². The van der Waals surface area contributed by atoms with Crippen LogP contribution in [0.2, 0.25) is 0 Å². The van der Waals surface area contributed by atoms with Crippen molar-refractivity contribution >= 4 is 5.91 Å². The zero-order chi connectivity index (χ0) is 25.9. The topological polar surface area (TPSA) is 109 Å². The van der Waals surface area contributed by atoms with Gasteiger partial charge < -0.3 is 23.9 Å². The van der Waals surface area contributed by atoms with Crippen LogP contribution in [-0.4, -0.2) is 39.3 Å². The zero-order valence-corrected chi connectivity index (χ0v) is 21.1. The number of nitrogens with zero attached hydrogens (tertiary/aromatic N) is 3. The summed E-state index contributed by atoms with van der Waals surface area (Å²) in [5, 5.41) is 11.3. The molecule has 2 aromatic heterocycles. The number of nitrogens with one attached hydrogen (secondary N) is 1. The Bertz CT molecular complexity index is 1210. The van der Waals surface area contributed by atoms with Crippen molar-refractivity contribution in [2.75, 3.05) is 6.61 Å². The number of carbonyl (C=O) groups is 1. The van der Waals surface area contributed by atoms with E-state index in [1.54, 1.807) is 37.4 Å². The third-order valence-corrected chi connectivity index (χ3v) is 5.93. The van der Waals surface area contributed by atoms with E-state index in [0.29, 0.717) is 47.6 Å². The van der Waals surface area contributed by atoms with E-state index < -0.39 is 5.54 Å². The number of aromatic nitrogens is 3. The molecule has 0 aliphatic heterocycles. The van der Waals surface area contributed by atoms with Crippen molar-refractivity contribution in [3.05, 3.63) is 59.7 Å². The maximum absolute atomic E-state index is 13.7. The number of carbonyl (C=O) groups excluding carboxylic acids is 1. The predicted octanol–water partition coefficient (Wildman–Crippen LogP) is 4.28. The molecule has 1 saturated carbocycles. The number of ether oxygens (including phenoxy) is 3. The average Bonchev–Trinajstić information content (AvgIpc) is 3.28. The van der Waals surface area contributed by atoms with Gasteiger partial charge in [-0.3, -0.25) is 4.79 Å². The Balaban J connectivity index is 1.25. The van der Waals surface area contributed by atoms with Crippen molar-refractivity contribution in [1.82, 2.24) is 20.5 Å². The van der Waals surface area contributed by atoms with Gasteiger partial charge in [0, 0.05) is 17.7 Å². The van der Waals surface area contributed by atoms with E-state index >= 15 is 0 Å². The number of amides is 1. The molecule has 2 heterocycles. The molecule has 192 valence electrons. The molecule has 0 spiro atoms. The van der Waals surface area contributed by atoms with Crippen LogP contribution in [0.5, 0.6) is 17.4 Å². The lowest BCUT2D eigenvalue weighted by atomic mass is 9.59. The Morgan fingerprint density at radius 1 is 1.14 bits per heavy atom. The highest BCUT2D eigenvalue weighted by Gasteiger charge is 2.53. The second-order valence-electron chi connectivity index (χ2n) is 10.0. The van der Waals surface area contributed by atoms with Crippen LogP contribution >= 0.6 is 0 Å². The van der Waals surface area contributed by atoms with E-state index in [4.69, 9.17) is 18.6 Å². The second kappa shape index (κ2) is 10.1. The number of halogens is 1. The third-order valence-electron chi connectivity index (χ3n) is 5.93. The number of aryl methyl sites for hydroxylation is 1. The lowest BCUT2D eigenvalue weighted by molar-refractivity contribution is -0.127. The molecule has 0 unspecified atom stereocenters. The number of pyridine rings is 1. The lowest BCUT2D eigenvalue weighted by Gasteiger charge is -2.51. The molecule has 10 heteroatoms. The van der Waals surface area contributed by atoms with Crippen LogP contribution in [0.4, 0.5) is 4.39 Å². The minimum Gasteiger partial charge on any atom is -0.484 e. The van der Waals surface area contributed by atoms with Crippen molar-refractivity contribution in [1.29, 1.82) is 0 Å². The Morgan fingerprint density at radius 3 is 2.56 bits per heavy atom. The largest absolute Gasteiger partial charge is 0.484 e. The summed E-state index contributed by atoms with van der Waals surface area (Å²) in [7, 11) is 0. The highest BCUT2D eigenvalue weighted by atomic mass is 19.1. The first kappa shape index (κ1) is 25.4. The molecule has 1 aliphatic carbocycles. The Hall–Kier alpha value is -3.69. The third kappa shape index (κ3) is 6.10. The molecular weight excluding hydrogens is 467 g/mol. The van der Waals surface area contributed by atoms with Crippen LogP contribution in [0.1, 0.15) is 57.9 Å². The summed E-state index contributed by atoms with van der Waals surface area (Å²) in [6.07, 6.45) is 2.86. The van der Waals surface area contributed by atoms with Gasteiger partial charge in [-0.2, -0.15) is 0 Å². The summed E-state index contributed by atoms with van der Waals surface area (Å²) in [6, 6.07) is 8.03. The molecule has 0 radical (unpaired) electrons. The van der Waals surface area contributed by atoms with Crippen LogP contribution in [0.25, 0.3) is 0 Å². The monoisotopic (exact) mass is 498 g/mol. The van der Waals surface area contributed by atoms with E-state index in [2.05, 4.69) is 20.5 Å². The van der Waals surface area contributed by atoms with Gasteiger partial charge >= 0.3 is 0 Å². The Labute approximate surface area is 209 Å². The maximum Gasteiger partial charge on any atom is 0.258 e. The van der Waals surface area contributed by atoms with E-state index in [0.717, 1.165) is 0 Å². The summed E-state index contributed by atoms with van der Waals surface area (Å²) in [5.41, 5.74) is -0.290. The molecule has 1 fully saturated rings. The van der Waals surface area contributed by atoms with Crippen molar-refractivity contribution in [2.45, 2.75) is 71.1 Å². The van der Waals surface area contributed by atoms with Gasteiger partial charge in [-0.1, -0.05) is 13.0 Å². The fraction of sp³-hybridized carbons (Fsp3) is 0.462. The standard InChI is InChI=1S/C26H31FN4O5/c1-16(2)35-22-9-8-19(11-28-22)34-13-23-30-31-24(36-23)25(4)14-26(5,15-25)29-21(32)12-33-18-7-6-17(3)20(27)10-18/h6-11,16H,12-15H2,1-5H3,(H,29,32). The summed E-state index contributed by atoms with van der Waals surface area (Å²) in [4.78, 5) is 16.6. The number of benzene rings is 1. The molecule has 36 heavy (non-hydrogen) atoms. The first-order valence-corrected chi connectivity index (χ1v) is 11.8. The van der Waals surface area contributed by atoms with Gasteiger partial charge in [-0.25, -0.2) is 9.37 Å². The molecule has 0 bridgehead atoms. The number of hydrogen-bond donors (Lipinski definition) is 1. The summed E-state index contributed by atoms with van der Waals surface area (Å²) in [6.45, 7) is 9.42. The van der Waals surface area contributed by atoms with Crippen molar-refractivity contribution in [3.8, 4) is 17.4 Å². The molecule has 4 rings (SSSR count). The van der Waals surface area contributed by atoms with Gasteiger partial charge in [-0.15, -0.1) is 10.2 Å². The molecule has 1 aromatic carbocycles. The molecule has 0 saturated heterocycles. The normalized spacial score (nSPS) is 21.1. The number of rotatable bonds is 10. The molecule has 9 nitrogen and oxygen atoms in total. The van der Waals surface area contributed by atoms with E-state index in [1.165, 1.54) is 6.07 Å². The van der Waals surface area contributed by atoms with Gasteiger partial charge in [-0.05, 0) is 58.2 Å². The first-order chi connectivity index (χ1) is 17.0. The summed E-state index contributed by atoms with van der Waals surface area (Å²) in [5.74, 6) is 1.60. The predicted molar refractivity (Wildman–Crippen MR) is 128 cm³/mol. The molecule has 1 aliphatic rings. The van der Waals surface area contributed by atoms with Gasteiger partial charge in [0.2, 0.25) is 11.8 Å². The van der Waals surface area contributed by atoms with Crippen molar-refractivity contribution < 1.29 is 27.8 Å². The van der Waals surface area contributed by atoms with Crippen LogP contribution in [0.15, 0.2) is 40.9 Å². The van der Waals surface area contributed by atoms with Crippen LogP contribution < -0.4 is 19.5 Å². The molecule has 1 N–H and O–H groups in total. The minimum atomic E-state index is -0.440. The Kier molecular flexibility index (Phi) is 7.14. The van der Waals surface area contributed by atoms with Gasteiger partial charge in [0.15, 0.2) is 13.2 Å². The minimum absolute atomic E-state index is 0.0436. The van der Waals surface area contributed by atoms with Crippen LogP contribution in [0, 0.1) is 12.7 Å². The number of hydrogen-bond acceptors (Lipinski definition) is 8. The van der Waals surface area contributed by atoms with E-state index in [-0.39, 0.29) is 36.5 Å². The fourth-order valence-electron chi connectivity index (χ4n) is 4.56. The van der Waals surface area contributed by atoms with Crippen LogP contribution in [0.3, 0.4) is 0 Å². The molecule has 0 atom stereocenters.